The van der Waals surface area contributed by atoms with Gasteiger partial charge in [0, 0.05) is 32.1 Å². The number of aliphatic hydroxyl groups is 1. The number of hydrogen-bond acceptors (Lipinski definition) is 4. The van der Waals surface area contributed by atoms with Gasteiger partial charge in [-0.25, -0.2) is 0 Å². The Balaban J connectivity index is 2.35. The van der Waals surface area contributed by atoms with Gasteiger partial charge >= 0.3 is 0 Å². The highest BCUT2D eigenvalue weighted by atomic mass is 16.3. The molecule has 1 atom stereocenters. The van der Waals surface area contributed by atoms with Crippen molar-refractivity contribution in [2.24, 2.45) is 5.73 Å². The number of hydrazine groups is 1. The van der Waals surface area contributed by atoms with Crippen molar-refractivity contribution in [1.29, 1.82) is 0 Å². The average Bonchev–Trinajstić information content (AvgIpc) is 2.69. The summed E-state index contributed by atoms with van der Waals surface area (Å²) in [5.74, 6) is 0.0852. The van der Waals surface area contributed by atoms with Crippen LogP contribution in [0.1, 0.15) is 18.1 Å². The molecule has 5 heteroatoms. The Morgan fingerprint density at radius 2 is 2.18 bits per heavy atom. The molecule has 5 nitrogen and oxygen atoms in total. The maximum atomic E-state index is 11.5. The fourth-order valence-corrected chi connectivity index (χ4v) is 2.06. The normalized spacial score (nSPS) is 17.7. The van der Waals surface area contributed by atoms with Gasteiger partial charge in [0.15, 0.2) is 0 Å². The number of hydrogen-bond donors (Lipinski definition) is 2. The Morgan fingerprint density at radius 1 is 1.47 bits per heavy atom. The Hall–Kier alpha value is -1.59. The van der Waals surface area contributed by atoms with Crippen LogP contribution in [0.15, 0.2) is 24.3 Å². The van der Waals surface area contributed by atoms with E-state index in [4.69, 9.17) is 5.73 Å². The summed E-state index contributed by atoms with van der Waals surface area (Å²) in [6, 6.07) is 7.47. The van der Waals surface area contributed by atoms with Crippen LogP contribution in [0, 0.1) is 0 Å². The van der Waals surface area contributed by atoms with Crippen LogP contribution in [0.25, 0.3) is 0 Å². The molecule has 0 aliphatic carbocycles. The number of rotatable bonds is 3. The molecule has 1 aromatic carbocycles. The summed E-state index contributed by atoms with van der Waals surface area (Å²) < 4.78 is 0. The van der Waals surface area contributed by atoms with Gasteiger partial charge in [-0.3, -0.25) is 14.8 Å². The summed E-state index contributed by atoms with van der Waals surface area (Å²) in [7, 11) is 1.74. The number of nitrogens with two attached hydrogens (primary N) is 1. The standard InChI is InChI=1S/C12H17N3O2/c1-14-12(17)6-7-15(14)10-5-3-2-4-9(10)11(16)8-13/h2-5,11,16H,6-8,13H2,1H3. The Bertz CT molecular complexity index is 422. The molecule has 92 valence electrons. The highest BCUT2D eigenvalue weighted by molar-refractivity contribution is 5.82. The second-order valence-electron chi connectivity index (χ2n) is 4.10. The van der Waals surface area contributed by atoms with E-state index in [1.807, 2.05) is 29.3 Å². The van der Waals surface area contributed by atoms with E-state index in [2.05, 4.69) is 0 Å². The smallest absolute Gasteiger partial charge is 0.242 e. The van der Waals surface area contributed by atoms with E-state index in [9.17, 15) is 9.90 Å². The minimum absolute atomic E-state index is 0.0852. The number of carbonyl (C=O) groups is 1. The summed E-state index contributed by atoms with van der Waals surface area (Å²) in [6.45, 7) is 0.812. The molecule has 1 amide bonds. The largest absolute Gasteiger partial charge is 0.387 e. The number of benzene rings is 1. The third kappa shape index (κ3) is 2.11. The molecule has 1 heterocycles. The summed E-state index contributed by atoms with van der Waals surface area (Å²) >= 11 is 0. The Labute approximate surface area is 100 Å². The fraction of sp³-hybridized carbons (Fsp3) is 0.417. The molecule has 1 aliphatic heterocycles. The molecule has 1 aromatic rings. The number of aliphatic hydroxyl groups excluding tert-OH is 1. The molecule has 17 heavy (non-hydrogen) atoms. The zero-order valence-electron chi connectivity index (χ0n) is 9.84. The van der Waals surface area contributed by atoms with Crippen LogP contribution < -0.4 is 10.7 Å². The van der Waals surface area contributed by atoms with Crippen LogP contribution in [0.4, 0.5) is 5.69 Å². The fourth-order valence-electron chi connectivity index (χ4n) is 2.06. The summed E-state index contributed by atoms with van der Waals surface area (Å²) in [5, 5.41) is 13.3. The highest BCUT2D eigenvalue weighted by Crippen LogP contribution is 2.29. The number of anilines is 1. The van der Waals surface area contributed by atoms with Crippen molar-refractivity contribution in [3.05, 3.63) is 29.8 Å². The molecule has 1 fully saturated rings. The molecule has 0 aromatic heterocycles. The van der Waals surface area contributed by atoms with Gasteiger partial charge in [-0.15, -0.1) is 0 Å². The van der Waals surface area contributed by atoms with Crippen LogP contribution in [-0.4, -0.2) is 36.2 Å². The molecule has 0 spiro atoms. The first kappa shape index (κ1) is 11.9. The third-order valence-corrected chi connectivity index (χ3v) is 3.06. The molecule has 0 saturated carbocycles. The first-order valence-corrected chi connectivity index (χ1v) is 5.66. The summed E-state index contributed by atoms with van der Waals surface area (Å²) in [5.41, 5.74) is 7.09. The first-order chi connectivity index (χ1) is 8.15. The van der Waals surface area contributed by atoms with Crippen molar-refractivity contribution in [1.82, 2.24) is 5.01 Å². The molecule has 0 radical (unpaired) electrons. The lowest BCUT2D eigenvalue weighted by Gasteiger charge is -2.29. The zero-order chi connectivity index (χ0) is 12.4. The van der Waals surface area contributed by atoms with Crippen LogP contribution in [0.2, 0.25) is 0 Å². The number of carbonyl (C=O) groups excluding carboxylic acids is 1. The van der Waals surface area contributed by atoms with Gasteiger partial charge in [-0.2, -0.15) is 0 Å². The molecule has 3 N–H and O–H groups in total. The third-order valence-electron chi connectivity index (χ3n) is 3.06. The Morgan fingerprint density at radius 3 is 2.76 bits per heavy atom. The lowest BCUT2D eigenvalue weighted by molar-refractivity contribution is -0.126. The predicted molar refractivity (Wildman–Crippen MR) is 65.2 cm³/mol. The predicted octanol–water partition coefficient (Wildman–Crippen LogP) is 0.262. The van der Waals surface area contributed by atoms with E-state index in [1.54, 1.807) is 12.1 Å². The SMILES string of the molecule is CN1C(=O)CCN1c1ccccc1C(O)CN. The van der Waals surface area contributed by atoms with Gasteiger partial charge in [-0.1, -0.05) is 18.2 Å². The quantitative estimate of drug-likeness (QED) is 0.788. The molecular formula is C12H17N3O2. The van der Waals surface area contributed by atoms with Crippen molar-refractivity contribution in [2.45, 2.75) is 12.5 Å². The highest BCUT2D eigenvalue weighted by Gasteiger charge is 2.28. The second kappa shape index (κ2) is 4.73. The summed E-state index contributed by atoms with van der Waals surface area (Å²) in [4.78, 5) is 11.5. The monoisotopic (exact) mass is 235 g/mol. The molecule has 0 bridgehead atoms. The molecule has 1 aliphatic rings. The van der Waals surface area contributed by atoms with Crippen LogP contribution in [-0.2, 0) is 4.79 Å². The van der Waals surface area contributed by atoms with Gasteiger partial charge < -0.3 is 10.8 Å². The Kier molecular flexibility index (Phi) is 3.31. The minimum atomic E-state index is -0.699. The van der Waals surface area contributed by atoms with Crippen molar-refractivity contribution < 1.29 is 9.90 Å². The van der Waals surface area contributed by atoms with E-state index < -0.39 is 6.10 Å². The number of nitrogens with zero attached hydrogens (tertiary/aromatic N) is 2. The van der Waals surface area contributed by atoms with E-state index in [0.717, 1.165) is 11.3 Å². The molecular weight excluding hydrogens is 218 g/mol. The number of amides is 1. The maximum absolute atomic E-state index is 11.5. The van der Waals surface area contributed by atoms with E-state index in [0.29, 0.717) is 13.0 Å². The van der Waals surface area contributed by atoms with Crippen LogP contribution in [0.3, 0.4) is 0 Å². The van der Waals surface area contributed by atoms with Gasteiger partial charge in [0.25, 0.3) is 0 Å². The first-order valence-electron chi connectivity index (χ1n) is 5.66. The second-order valence-corrected chi connectivity index (χ2v) is 4.10. The summed E-state index contributed by atoms with van der Waals surface area (Å²) in [6.07, 6.45) is -0.195. The van der Waals surface area contributed by atoms with Crippen molar-refractivity contribution in [3.8, 4) is 0 Å². The van der Waals surface area contributed by atoms with Crippen LogP contribution in [0.5, 0.6) is 0 Å². The van der Waals surface area contributed by atoms with E-state index in [1.165, 1.54) is 0 Å². The number of para-hydroxylation sites is 1. The molecule has 1 unspecified atom stereocenters. The van der Waals surface area contributed by atoms with Gasteiger partial charge in [0.1, 0.15) is 0 Å². The van der Waals surface area contributed by atoms with E-state index in [-0.39, 0.29) is 12.5 Å². The van der Waals surface area contributed by atoms with Gasteiger partial charge in [0.05, 0.1) is 11.8 Å². The van der Waals surface area contributed by atoms with Gasteiger partial charge in [0.2, 0.25) is 5.91 Å². The van der Waals surface area contributed by atoms with Crippen molar-refractivity contribution in [3.63, 3.8) is 0 Å². The topological polar surface area (TPSA) is 69.8 Å². The minimum Gasteiger partial charge on any atom is -0.387 e. The van der Waals surface area contributed by atoms with Crippen molar-refractivity contribution in [2.75, 3.05) is 25.1 Å². The molecule has 1 saturated heterocycles. The lowest BCUT2D eigenvalue weighted by Crippen LogP contribution is -2.36. The van der Waals surface area contributed by atoms with Gasteiger partial charge in [-0.05, 0) is 6.07 Å². The zero-order valence-corrected chi connectivity index (χ0v) is 9.84. The van der Waals surface area contributed by atoms with Crippen molar-refractivity contribution >= 4 is 11.6 Å². The van der Waals surface area contributed by atoms with Crippen LogP contribution >= 0.6 is 0 Å². The average molecular weight is 235 g/mol. The maximum Gasteiger partial charge on any atom is 0.242 e. The van der Waals surface area contributed by atoms with E-state index >= 15 is 0 Å². The molecule has 2 rings (SSSR count). The lowest BCUT2D eigenvalue weighted by atomic mass is 10.1.